The van der Waals surface area contributed by atoms with Crippen LogP contribution in [0.1, 0.15) is 0 Å². The number of rotatable bonds is 8. The highest BCUT2D eigenvalue weighted by Gasteiger charge is 2.07. The topological polar surface area (TPSA) is 82.4 Å². The lowest BCUT2D eigenvalue weighted by Gasteiger charge is -2.11. The first-order valence-electron chi connectivity index (χ1n) is 8.82. The normalized spacial score (nSPS) is 10.3. The molecule has 1 heterocycles. The Bertz CT molecular complexity index is 986. The van der Waals surface area contributed by atoms with Gasteiger partial charge in [-0.05, 0) is 12.1 Å². The van der Waals surface area contributed by atoms with E-state index in [2.05, 4.69) is 10.3 Å². The molecule has 0 atom stereocenters. The molecule has 144 valence electrons. The van der Waals surface area contributed by atoms with Crippen LogP contribution in [0.4, 0.5) is 0 Å². The second-order valence-electron chi connectivity index (χ2n) is 5.96. The first-order valence-corrected chi connectivity index (χ1v) is 8.82. The van der Waals surface area contributed by atoms with Crippen LogP contribution in [0.2, 0.25) is 0 Å². The number of hydrogen-bond donors (Lipinski definition) is 1. The van der Waals surface area contributed by atoms with E-state index in [0.717, 1.165) is 5.56 Å². The molecule has 28 heavy (non-hydrogen) atoms. The summed E-state index contributed by atoms with van der Waals surface area (Å²) >= 11 is 0. The van der Waals surface area contributed by atoms with E-state index in [1.807, 2.05) is 36.4 Å². The Morgan fingerprint density at radius 1 is 1.07 bits per heavy atom. The van der Waals surface area contributed by atoms with Gasteiger partial charge in [-0.1, -0.05) is 42.5 Å². The quantitative estimate of drug-likeness (QED) is 0.648. The predicted molar refractivity (Wildman–Crippen MR) is 105 cm³/mol. The minimum absolute atomic E-state index is 0.138. The van der Waals surface area contributed by atoms with Gasteiger partial charge in [-0.3, -0.25) is 14.2 Å². The summed E-state index contributed by atoms with van der Waals surface area (Å²) in [6.07, 6.45) is 1.49. The molecule has 1 amide bonds. The lowest BCUT2D eigenvalue weighted by Crippen LogP contribution is -2.33. The highest BCUT2D eigenvalue weighted by molar-refractivity contribution is 5.77. The standard InChI is InChI=1S/C21H21N3O4/c1-27-18-9-5-6-10-19(18)28-14-20(25)22-11-12-24-15-23-17(13-21(24)26)16-7-3-2-4-8-16/h2-10,13,15H,11-12,14H2,1H3,(H,22,25). The second kappa shape index (κ2) is 9.36. The number of carbonyl (C=O) groups excluding carboxylic acids is 1. The smallest absolute Gasteiger partial charge is 0.258 e. The molecule has 0 aliphatic carbocycles. The molecule has 2 aromatic carbocycles. The van der Waals surface area contributed by atoms with Crippen LogP contribution in [0.25, 0.3) is 11.3 Å². The molecule has 1 aromatic heterocycles. The van der Waals surface area contributed by atoms with Crippen molar-refractivity contribution < 1.29 is 14.3 Å². The lowest BCUT2D eigenvalue weighted by atomic mass is 10.1. The van der Waals surface area contributed by atoms with Gasteiger partial charge in [0.2, 0.25) is 0 Å². The lowest BCUT2D eigenvalue weighted by molar-refractivity contribution is -0.123. The van der Waals surface area contributed by atoms with Crippen molar-refractivity contribution in [3.05, 3.63) is 77.3 Å². The van der Waals surface area contributed by atoms with Crippen LogP contribution >= 0.6 is 0 Å². The summed E-state index contributed by atoms with van der Waals surface area (Å²) in [6.45, 7) is 0.474. The van der Waals surface area contributed by atoms with Crippen LogP contribution < -0.4 is 20.3 Å². The van der Waals surface area contributed by atoms with Crippen molar-refractivity contribution >= 4 is 5.91 Å². The Hall–Kier alpha value is -3.61. The van der Waals surface area contributed by atoms with E-state index in [9.17, 15) is 9.59 Å². The summed E-state index contributed by atoms with van der Waals surface area (Å²) in [6, 6.07) is 18.1. The molecule has 0 radical (unpaired) electrons. The minimum atomic E-state index is -0.284. The van der Waals surface area contributed by atoms with Gasteiger partial charge in [-0.2, -0.15) is 0 Å². The number of ether oxygens (including phenoxy) is 2. The van der Waals surface area contributed by atoms with Crippen molar-refractivity contribution in [1.29, 1.82) is 0 Å². The Kier molecular flexibility index (Phi) is 6.41. The molecule has 0 bridgehead atoms. The third kappa shape index (κ3) is 4.97. The van der Waals surface area contributed by atoms with Crippen molar-refractivity contribution in [2.75, 3.05) is 20.3 Å². The average molecular weight is 379 g/mol. The van der Waals surface area contributed by atoms with E-state index in [0.29, 0.717) is 30.3 Å². The highest BCUT2D eigenvalue weighted by Crippen LogP contribution is 2.25. The fourth-order valence-electron chi connectivity index (χ4n) is 2.61. The van der Waals surface area contributed by atoms with Gasteiger partial charge >= 0.3 is 0 Å². The van der Waals surface area contributed by atoms with Gasteiger partial charge < -0.3 is 14.8 Å². The number of nitrogens with one attached hydrogen (secondary N) is 1. The zero-order valence-corrected chi connectivity index (χ0v) is 15.5. The first kappa shape index (κ1) is 19.2. The van der Waals surface area contributed by atoms with Crippen LogP contribution in [-0.2, 0) is 11.3 Å². The molecule has 0 spiro atoms. The molecule has 0 unspecified atom stereocenters. The zero-order chi connectivity index (χ0) is 19.8. The fourth-order valence-corrected chi connectivity index (χ4v) is 2.61. The number of carbonyl (C=O) groups is 1. The number of benzene rings is 2. The molecule has 0 aliphatic heterocycles. The van der Waals surface area contributed by atoms with Gasteiger partial charge in [0.05, 0.1) is 19.1 Å². The van der Waals surface area contributed by atoms with Gasteiger partial charge in [0.15, 0.2) is 18.1 Å². The van der Waals surface area contributed by atoms with Gasteiger partial charge in [-0.15, -0.1) is 0 Å². The maximum atomic E-state index is 12.2. The SMILES string of the molecule is COc1ccccc1OCC(=O)NCCn1cnc(-c2ccccc2)cc1=O. The molecular weight excluding hydrogens is 358 g/mol. The van der Waals surface area contributed by atoms with E-state index in [1.165, 1.54) is 24.1 Å². The second-order valence-corrected chi connectivity index (χ2v) is 5.96. The molecule has 0 saturated heterocycles. The molecular formula is C21H21N3O4. The molecule has 0 fully saturated rings. The van der Waals surface area contributed by atoms with Crippen molar-refractivity contribution in [2.24, 2.45) is 0 Å². The van der Waals surface area contributed by atoms with Gasteiger partial charge in [0, 0.05) is 24.7 Å². The maximum Gasteiger partial charge on any atom is 0.258 e. The fraction of sp³-hybridized carbons (Fsp3) is 0.190. The Morgan fingerprint density at radius 3 is 2.50 bits per heavy atom. The highest BCUT2D eigenvalue weighted by atomic mass is 16.5. The molecule has 1 N–H and O–H groups in total. The summed E-state index contributed by atoms with van der Waals surface area (Å²) < 4.78 is 12.1. The average Bonchev–Trinajstić information content (AvgIpc) is 2.74. The largest absolute Gasteiger partial charge is 0.493 e. The molecule has 7 nitrogen and oxygen atoms in total. The number of nitrogens with zero attached hydrogens (tertiary/aromatic N) is 2. The number of amides is 1. The number of methoxy groups -OCH3 is 1. The van der Waals surface area contributed by atoms with Crippen LogP contribution in [0.5, 0.6) is 11.5 Å². The van der Waals surface area contributed by atoms with Gasteiger partial charge in [0.1, 0.15) is 0 Å². The number of para-hydroxylation sites is 2. The summed E-state index contributed by atoms with van der Waals surface area (Å²) in [7, 11) is 1.54. The maximum absolute atomic E-state index is 12.2. The van der Waals surface area contributed by atoms with E-state index >= 15 is 0 Å². The molecule has 0 aliphatic rings. The van der Waals surface area contributed by atoms with Gasteiger partial charge in [-0.25, -0.2) is 4.98 Å². The van der Waals surface area contributed by atoms with E-state index in [-0.39, 0.29) is 18.1 Å². The summed E-state index contributed by atoms with van der Waals surface area (Å²) in [5.74, 6) is 0.774. The van der Waals surface area contributed by atoms with E-state index in [4.69, 9.17) is 9.47 Å². The Morgan fingerprint density at radius 2 is 1.79 bits per heavy atom. The number of aromatic nitrogens is 2. The number of hydrogen-bond acceptors (Lipinski definition) is 5. The van der Waals surface area contributed by atoms with Crippen LogP contribution in [0, 0.1) is 0 Å². The Labute approximate surface area is 162 Å². The molecule has 0 saturated carbocycles. The van der Waals surface area contributed by atoms with Crippen LogP contribution in [0.15, 0.2) is 71.8 Å². The van der Waals surface area contributed by atoms with Crippen molar-refractivity contribution in [2.45, 2.75) is 6.54 Å². The van der Waals surface area contributed by atoms with Crippen LogP contribution in [-0.4, -0.2) is 35.7 Å². The summed E-state index contributed by atoms with van der Waals surface area (Å²) in [5.41, 5.74) is 1.33. The first-order chi connectivity index (χ1) is 13.7. The van der Waals surface area contributed by atoms with Crippen molar-refractivity contribution in [3.8, 4) is 22.8 Å². The molecule has 3 aromatic rings. The Balaban J connectivity index is 1.49. The van der Waals surface area contributed by atoms with Crippen molar-refractivity contribution in [1.82, 2.24) is 14.9 Å². The van der Waals surface area contributed by atoms with Crippen LogP contribution in [0.3, 0.4) is 0 Å². The third-order valence-corrected chi connectivity index (χ3v) is 4.05. The molecule has 7 heteroatoms. The third-order valence-electron chi connectivity index (χ3n) is 4.05. The summed E-state index contributed by atoms with van der Waals surface area (Å²) in [5, 5.41) is 2.72. The predicted octanol–water partition coefficient (Wildman–Crippen LogP) is 2.11. The van der Waals surface area contributed by atoms with E-state index in [1.54, 1.807) is 18.2 Å². The molecule has 3 rings (SSSR count). The summed E-state index contributed by atoms with van der Waals surface area (Å²) in [4.78, 5) is 28.5. The minimum Gasteiger partial charge on any atom is -0.493 e. The van der Waals surface area contributed by atoms with Crippen molar-refractivity contribution in [3.63, 3.8) is 0 Å². The van der Waals surface area contributed by atoms with E-state index < -0.39 is 0 Å². The zero-order valence-electron chi connectivity index (χ0n) is 15.5. The van der Waals surface area contributed by atoms with Gasteiger partial charge in [0.25, 0.3) is 11.5 Å². The monoisotopic (exact) mass is 379 g/mol.